The molecule has 0 heterocycles. The molecule has 240 valence electrons. The van der Waals surface area contributed by atoms with Crippen LogP contribution < -0.4 is 38.5 Å². The molecule has 0 saturated heterocycles. The number of carbonyl (C=O) groups is 6. The summed E-state index contributed by atoms with van der Waals surface area (Å²) in [6, 6.07) is -6.76. The first-order chi connectivity index (χ1) is 19.5. The van der Waals surface area contributed by atoms with Gasteiger partial charge >= 0.3 is 11.9 Å². The number of carboxylic acids is 2. The van der Waals surface area contributed by atoms with E-state index in [0.29, 0.717) is 0 Å². The summed E-state index contributed by atoms with van der Waals surface area (Å²) in [7, 11) is 0. The number of aliphatic hydroxyl groups is 1. The lowest BCUT2D eigenvalue weighted by Crippen LogP contribution is -2.59. The highest BCUT2D eigenvalue weighted by Gasteiger charge is 2.32. The third kappa shape index (κ3) is 15.7. The zero-order valence-corrected chi connectivity index (χ0v) is 24.5. The molecule has 0 saturated carbocycles. The van der Waals surface area contributed by atoms with Crippen molar-refractivity contribution in [2.24, 2.45) is 34.0 Å². The Morgan fingerprint density at radius 1 is 0.714 bits per heavy atom. The normalized spacial score (nSPS) is 14.6. The minimum atomic E-state index is -1.65. The quantitative estimate of drug-likeness (QED) is 0.0377. The molecule has 0 aromatic carbocycles. The van der Waals surface area contributed by atoms with E-state index in [9.17, 15) is 39.0 Å². The number of guanidine groups is 1. The third-order valence-corrected chi connectivity index (χ3v) is 5.79. The lowest BCUT2D eigenvalue weighted by molar-refractivity contribution is -0.143. The van der Waals surface area contributed by atoms with Crippen molar-refractivity contribution in [3.8, 4) is 0 Å². The first kappa shape index (κ1) is 38.0. The molecule has 0 bridgehead atoms. The molecule has 0 aromatic heterocycles. The van der Waals surface area contributed by atoms with Crippen LogP contribution in [0, 0.1) is 11.8 Å². The van der Waals surface area contributed by atoms with Crippen molar-refractivity contribution in [2.45, 2.75) is 90.0 Å². The van der Waals surface area contributed by atoms with E-state index < -0.39 is 78.8 Å². The molecule has 0 fully saturated rings. The summed E-state index contributed by atoms with van der Waals surface area (Å²) >= 11 is 0. The standard InChI is InChI=1S/C25H46N8O9/c1-12(2)8-16(22(39)33-18(24(41)42)9-13(3)4)32-21(38)15(6-5-7-29-25(27)28)30-23(40)17(10-19(35)36)31-20(37)14(26)11-34/h12-18,34H,5-11,26H2,1-4H3,(H,30,40)(H,31,37)(H,32,38)(H,33,39)(H,35,36)(H,41,42)(H4,27,28,29)/t14-,15-,16-,17-,18-/m0/s1. The van der Waals surface area contributed by atoms with Gasteiger partial charge in [-0.3, -0.25) is 29.0 Å². The van der Waals surface area contributed by atoms with Crippen molar-refractivity contribution in [1.82, 2.24) is 21.3 Å². The van der Waals surface area contributed by atoms with Gasteiger partial charge in [-0.05, 0) is 37.5 Å². The first-order valence-electron chi connectivity index (χ1n) is 13.6. The van der Waals surface area contributed by atoms with Gasteiger partial charge in [0.1, 0.15) is 30.2 Å². The van der Waals surface area contributed by atoms with Gasteiger partial charge in [-0.2, -0.15) is 0 Å². The van der Waals surface area contributed by atoms with Gasteiger partial charge in [-0.1, -0.05) is 27.7 Å². The number of nitrogens with zero attached hydrogens (tertiary/aromatic N) is 1. The van der Waals surface area contributed by atoms with Gasteiger partial charge in [0, 0.05) is 6.54 Å². The number of carbonyl (C=O) groups excluding carboxylic acids is 4. The van der Waals surface area contributed by atoms with Crippen molar-refractivity contribution in [2.75, 3.05) is 13.2 Å². The number of nitrogens with two attached hydrogens (primary N) is 3. The molecule has 0 aliphatic heterocycles. The summed E-state index contributed by atoms with van der Waals surface area (Å²) < 4.78 is 0. The number of aliphatic carboxylic acids is 2. The van der Waals surface area contributed by atoms with Crippen molar-refractivity contribution < 1.29 is 44.1 Å². The maximum absolute atomic E-state index is 13.4. The summed E-state index contributed by atoms with van der Waals surface area (Å²) in [5.41, 5.74) is 16.1. The summed E-state index contributed by atoms with van der Waals surface area (Å²) in [5, 5.41) is 37.3. The molecule has 0 aliphatic carbocycles. The second-order valence-electron chi connectivity index (χ2n) is 10.7. The molecule has 0 aromatic rings. The number of carboxylic acid groups (broad SMARTS) is 2. The van der Waals surface area contributed by atoms with Crippen molar-refractivity contribution in [3.05, 3.63) is 0 Å². The number of aliphatic imine (C=N–C) groups is 1. The van der Waals surface area contributed by atoms with Crippen LogP contribution in [0.15, 0.2) is 4.99 Å². The molecule has 0 unspecified atom stereocenters. The molecule has 0 rings (SSSR count). The fraction of sp³-hybridized carbons (Fsp3) is 0.720. The highest BCUT2D eigenvalue weighted by molar-refractivity contribution is 5.96. The highest BCUT2D eigenvalue weighted by atomic mass is 16.4. The maximum Gasteiger partial charge on any atom is 0.326 e. The minimum absolute atomic E-state index is 0.0412. The van der Waals surface area contributed by atoms with Crippen LogP contribution in [0.2, 0.25) is 0 Å². The molecule has 0 radical (unpaired) electrons. The minimum Gasteiger partial charge on any atom is -0.481 e. The molecule has 4 amide bonds. The Labute approximate surface area is 244 Å². The Morgan fingerprint density at radius 2 is 1.17 bits per heavy atom. The molecule has 17 heteroatoms. The second-order valence-corrected chi connectivity index (χ2v) is 10.7. The van der Waals surface area contributed by atoms with E-state index in [1.165, 1.54) is 0 Å². The average molecular weight is 603 g/mol. The van der Waals surface area contributed by atoms with Gasteiger partial charge < -0.3 is 53.8 Å². The van der Waals surface area contributed by atoms with E-state index in [1.807, 2.05) is 0 Å². The largest absolute Gasteiger partial charge is 0.481 e. The van der Waals surface area contributed by atoms with Crippen LogP contribution in [0.5, 0.6) is 0 Å². The Bertz CT molecular complexity index is 970. The lowest BCUT2D eigenvalue weighted by Gasteiger charge is -2.27. The molecule has 13 N–H and O–H groups in total. The SMILES string of the molecule is CC(C)C[C@H](NC(=O)[C@H](CC(C)C)NC(=O)[C@H](CCCN=C(N)N)NC(=O)[C@H](CC(=O)O)NC(=O)[C@@H](N)CO)C(=O)O. The van der Waals surface area contributed by atoms with E-state index >= 15 is 0 Å². The predicted molar refractivity (Wildman–Crippen MR) is 151 cm³/mol. The average Bonchev–Trinajstić information content (AvgIpc) is 2.87. The molecular formula is C25H46N8O9. The van der Waals surface area contributed by atoms with Crippen LogP contribution in [-0.2, 0) is 28.8 Å². The van der Waals surface area contributed by atoms with Crippen molar-refractivity contribution in [3.63, 3.8) is 0 Å². The van der Waals surface area contributed by atoms with E-state index in [-0.39, 0.29) is 50.0 Å². The highest BCUT2D eigenvalue weighted by Crippen LogP contribution is 2.10. The van der Waals surface area contributed by atoms with Gasteiger partial charge in [-0.25, -0.2) is 4.79 Å². The lowest BCUT2D eigenvalue weighted by atomic mass is 10.00. The Kier molecular flexibility index (Phi) is 17.4. The molecule has 0 spiro atoms. The number of rotatable bonds is 20. The Balaban J connectivity index is 6.02. The second kappa shape index (κ2) is 19.2. The Morgan fingerprint density at radius 3 is 1.64 bits per heavy atom. The summed E-state index contributed by atoms with van der Waals surface area (Å²) in [6.45, 7) is 6.49. The van der Waals surface area contributed by atoms with Gasteiger partial charge in [0.15, 0.2) is 5.96 Å². The van der Waals surface area contributed by atoms with Crippen LogP contribution in [0.1, 0.15) is 59.8 Å². The van der Waals surface area contributed by atoms with Crippen LogP contribution in [0.4, 0.5) is 0 Å². The van der Waals surface area contributed by atoms with E-state index in [0.717, 1.165) is 0 Å². The fourth-order valence-electron chi connectivity index (χ4n) is 3.73. The monoisotopic (exact) mass is 602 g/mol. The van der Waals surface area contributed by atoms with Crippen molar-refractivity contribution in [1.29, 1.82) is 0 Å². The van der Waals surface area contributed by atoms with Gasteiger partial charge in [0.25, 0.3) is 0 Å². The van der Waals surface area contributed by atoms with E-state index in [1.54, 1.807) is 27.7 Å². The van der Waals surface area contributed by atoms with E-state index in [2.05, 4.69) is 26.3 Å². The summed E-state index contributed by atoms with van der Waals surface area (Å²) in [4.78, 5) is 78.4. The molecular weight excluding hydrogens is 556 g/mol. The topological polar surface area (TPSA) is 302 Å². The zero-order valence-electron chi connectivity index (χ0n) is 24.5. The van der Waals surface area contributed by atoms with Crippen LogP contribution in [0.3, 0.4) is 0 Å². The number of hydrogen-bond donors (Lipinski definition) is 10. The number of aliphatic hydroxyl groups excluding tert-OH is 1. The smallest absolute Gasteiger partial charge is 0.326 e. The maximum atomic E-state index is 13.4. The van der Waals surface area contributed by atoms with Gasteiger partial charge in [-0.15, -0.1) is 0 Å². The van der Waals surface area contributed by atoms with E-state index in [4.69, 9.17) is 22.3 Å². The number of amides is 4. The fourth-order valence-corrected chi connectivity index (χ4v) is 3.73. The summed E-state index contributed by atoms with van der Waals surface area (Å²) in [5.74, 6) is -6.60. The van der Waals surface area contributed by atoms with Crippen LogP contribution in [-0.4, -0.2) is 100 Å². The number of hydrogen-bond acceptors (Lipinski definition) is 9. The molecule has 17 nitrogen and oxygen atoms in total. The van der Waals surface area contributed by atoms with Crippen LogP contribution >= 0.6 is 0 Å². The van der Waals surface area contributed by atoms with Crippen molar-refractivity contribution >= 4 is 41.5 Å². The van der Waals surface area contributed by atoms with Gasteiger partial charge in [0.05, 0.1) is 13.0 Å². The molecule has 0 aliphatic rings. The molecule has 5 atom stereocenters. The third-order valence-electron chi connectivity index (χ3n) is 5.79. The van der Waals surface area contributed by atoms with Gasteiger partial charge in [0.2, 0.25) is 23.6 Å². The Hall–Kier alpha value is -3.99. The van der Waals surface area contributed by atoms with Crippen LogP contribution in [0.25, 0.3) is 0 Å². The first-order valence-corrected chi connectivity index (χ1v) is 13.6. The number of nitrogens with one attached hydrogen (secondary N) is 4. The summed E-state index contributed by atoms with van der Waals surface area (Å²) in [6.07, 6.45) is -0.444. The zero-order chi connectivity index (χ0) is 32.6. The predicted octanol–water partition coefficient (Wildman–Crippen LogP) is -3.05. The molecule has 42 heavy (non-hydrogen) atoms.